The molecular weight excluding hydrogens is 423 g/mol. The minimum absolute atomic E-state index is 0.186. The van der Waals surface area contributed by atoms with Crippen molar-refractivity contribution in [1.29, 1.82) is 0 Å². The molecule has 2 amide bonds. The van der Waals surface area contributed by atoms with Crippen molar-refractivity contribution in [3.05, 3.63) is 94.0 Å². The van der Waals surface area contributed by atoms with E-state index >= 15 is 0 Å². The topological polar surface area (TPSA) is 67.4 Å². The fourth-order valence-electron chi connectivity index (χ4n) is 2.69. The molecule has 0 radical (unpaired) electrons. The molecule has 0 aliphatic rings. The van der Waals surface area contributed by atoms with Gasteiger partial charge in [0.05, 0.1) is 0 Å². The lowest BCUT2D eigenvalue weighted by molar-refractivity contribution is -0.122. The van der Waals surface area contributed by atoms with Crippen LogP contribution in [-0.2, 0) is 11.3 Å². The number of rotatable bonds is 7. The van der Waals surface area contributed by atoms with Crippen molar-refractivity contribution in [2.45, 2.75) is 19.6 Å². The number of carbonyl (C=O) groups is 2. The lowest BCUT2D eigenvalue weighted by atomic mass is 10.2. The first-order chi connectivity index (χ1) is 14.4. The van der Waals surface area contributed by atoms with Crippen molar-refractivity contribution in [2.24, 2.45) is 0 Å². The number of hydrogen-bond donors (Lipinski definition) is 2. The number of carbonyl (C=O) groups excluding carboxylic acids is 2. The summed E-state index contributed by atoms with van der Waals surface area (Å²) in [6.07, 6.45) is -0.763. The number of nitrogens with one attached hydrogen (secondary N) is 2. The van der Waals surface area contributed by atoms with Crippen LogP contribution in [0.4, 0.5) is 5.69 Å². The Labute approximate surface area is 185 Å². The van der Waals surface area contributed by atoms with E-state index in [0.717, 1.165) is 5.56 Å². The molecule has 0 fully saturated rings. The van der Waals surface area contributed by atoms with Crippen LogP contribution in [0.2, 0.25) is 10.0 Å². The number of hydrogen-bond acceptors (Lipinski definition) is 3. The van der Waals surface area contributed by atoms with Crippen LogP contribution in [0.5, 0.6) is 5.75 Å². The minimum atomic E-state index is -0.763. The summed E-state index contributed by atoms with van der Waals surface area (Å²) in [4.78, 5) is 24.6. The van der Waals surface area contributed by atoms with Gasteiger partial charge < -0.3 is 15.4 Å². The summed E-state index contributed by atoms with van der Waals surface area (Å²) >= 11 is 11.9. The van der Waals surface area contributed by atoms with Gasteiger partial charge in [0.2, 0.25) is 0 Å². The van der Waals surface area contributed by atoms with Crippen LogP contribution >= 0.6 is 23.2 Å². The van der Waals surface area contributed by atoms with Gasteiger partial charge in [-0.15, -0.1) is 0 Å². The maximum absolute atomic E-state index is 12.3. The zero-order valence-electron chi connectivity index (χ0n) is 16.2. The van der Waals surface area contributed by atoms with Gasteiger partial charge in [0.15, 0.2) is 6.10 Å². The normalized spacial score (nSPS) is 11.4. The van der Waals surface area contributed by atoms with Crippen molar-refractivity contribution in [3.8, 4) is 5.75 Å². The van der Waals surface area contributed by atoms with E-state index < -0.39 is 6.10 Å². The van der Waals surface area contributed by atoms with E-state index in [-0.39, 0.29) is 11.8 Å². The Bertz CT molecular complexity index is 1000. The van der Waals surface area contributed by atoms with Gasteiger partial charge in [0.1, 0.15) is 5.75 Å². The zero-order chi connectivity index (χ0) is 21.5. The van der Waals surface area contributed by atoms with Gasteiger partial charge in [-0.2, -0.15) is 0 Å². The highest BCUT2D eigenvalue weighted by molar-refractivity contribution is 6.35. The molecule has 0 bridgehead atoms. The average Bonchev–Trinajstić information content (AvgIpc) is 2.72. The summed E-state index contributed by atoms with van der Waals surface area (Å²) in [5.74, 6) is -0.0616. The van der Waals surface area contributed by atoms with Crippen molar-refractivity contribution in [1.82, 2.24) is 5.32 Å². The first kappa shape index (κ1) is 21.7. The molecule has 30 heavy (non-hydrogen) atoms. The van der Waals surface area contributed by atoms with Gasteiger partial charge in [-0.05, 0) is 55.0 Å². The largest absolute Gasteiger partial charge is 0.481 e. The number of anilines is 1. The fourth-order valence-corrected chi connectivity index (χ4v) is 3.22. The first-order valence-corrected chi connectivity index (χ1v) is 10.0. The smallest absolute Gasteiger partial charge is 0.265 e. The Morgan fingerprint density at radius 1 is 0.933 bits per heavy atom. The molecule has 1 atom stereocenters. The van der Waals surface area contributed by atoms with Crippen LogP contribution in [0.25, 0.3) is 0 Å². The molecule has 7 heteroatoms. The van der Waals surface area contributed by atoms with Crippen molar-refractivity contribution in [2.75, 3.05) is 5.32 Å². The molecule has 0 aromatic heterocycles. The molecule has 3 aromatic rings. The van der Waals surface area contributed by atoms with Crippen molar-refractivity contribution >= 4 is 40.7 Å². The van der Waals surface area contributed by atoms with Crippen LogP contribution < -0.4 is 15.4 Å². The minimum Gasteiger partial charge on any atom is -0.481 e. The molecular formula is C23H20Cl2N2O3. The maximum Gasteiger partial charge on any atom is 0.265 e. The van der Waals surface area contributed by atoms with Crippen LogP contribution in [0.3, 0.4) is 0 Å². The molecule has 0 spiro atoms. The lowest BCUT2D eigenvalue weighted by Gasteiger charge is -2.15. The van der Waals surface area contributed by atoms with E-state index in [1.54, 1.807) is 49.4 Å². The highest BCUT2D eigenvalue weighted by atomic mass is 35.5. The number of halogens is 2. The molecule has 0 saturated carbocycles. The summed E-state index contributed by atoms with van der Waals surface area (Å²) in [5.41, 5.74) is 2.01. The molecule has 154 valence electrons. The number of benzene rings is 3. The summed E-state index contributed by atoms with van der Waals surface area (Å²) in [5, 5.41) is 6.42. The summed E-state index contributed by atoms with van der Waals surface area (Å²) in [7, 11) is 0. The van der Waals surface area contributed by atoms with Crippen LogP contribution in [0.1, 0.15) is 22.8 Å². The van der Waals surface area contributed by atoms with E-state index in [4.69, 9.17) is 27.9 Å². The molecule has 5 nitrogen and oxygen atoms in total. The van der Waals surface area contributed by atoms with Gasteiger partial charge in [-0.25, -0.2) is 0 Å². The molecule has 1 unspecified atom stereocenters. The Kier molecular flexibility index (Phi) is 7.33. The highest BCUT2D eigenvalue weighted by Gasteiger charge is 2.16. The monoisotopic (exact) mass is 442 g/mol. The third kappa shape index (κ3) is 6.24. The van der Waals surface area contributed by atoms with Crippen LogP contribution in [-0.4, -0.2) is 17.9 Å². The van der Waals surface area contributed by atoms with E-state index in [1.165, 1.54) is 0 Å². The van der Waals surface area contributed by atoms with E-state index in [2.05, 4.69) is 10.6 Å². The molecule has 3 rings (SSSR count). The lowest BCUT2D eigenvalue weighted by Crippen LogP contribution is -2.30. The van der Waals surface area contributed by atoms with Crippen LogP contribution in [0.15, 0.2) is 72.8 Å². The van der Waals surface area contributed by atoms with Gasteiger partial charge in [-0.1, -0.05) is 53.5 Å². The van der Waals surface area contributed by atoms with Gasteiger partial charge in [0.25, 0.3) is 11.8 Å². The Morgan fingerprint density at radius 2 is 1.57 bits per heavy atom. The van der Waals surface area contributed by atoms with Crippen LogP contribution in [0, 0.1) is 0 Å². The Morgan fingerprint density at radius 3 is 2.20 bits per heavy atom. The predicted molar refractivity (Wildman–Crippen MR) is 119 cm³/mol. The molecule has 0 heterocycles. The molecule has 0 aliphatic heterocycles. The number of ether oxygens (including phenoxy) is 1. The maximum atomic E-state index is 12.3. The quantitative estimate of drug-likeness (QED) is 0.519. The van der Waals surface area contributed by atoms with Crippen molar-refractivity contribution < 1.29 is 14.3 Å². The molecule has 0 aliphatic carbocycles. The van der Waals surface area contributed by atoms with E-state index in [0.29, 0.717) is 33.6 Å². The zero-order valence-corrected chi connectivity index (χ0v) is 17.7. The average molecular weight is 443 g/mol. The summed E-state index contributed by atoms with van der Waals surface area (Å²) < 4.78 is 5.66. The molecule has 0 saturated heterocycles. The summed E-state index contributed by atoms with van der Waals surface area (Å²) in [6, 6.07) is 21.0. The number of amides is 2. The Balaban J connectivity index is 1.53. The van der Waals surface area contributed by atoms with E-state index in [9.17, 15) is 9.59 Å². The van der Waals surface area contributed by atoms with Gasteiger partial charge in [-0.3, -0.25) is 9.59 Å². The second-order valence-electron chi connectivity index (χ2n) is 6.60. The third-order valence-corrected chi connectivity index (χ3v) is 4.66. The SMILES string of the molecule is CC(Oc1ccc(C(=O)NCc2ccccc2)cc1)C(=O)Nc1cc(Cl)cc(Cl)c1. The Hall–Kier alpha value is -3.02. The molecule has 3 aromatic carbocycles. The fraction of sp³-hybridized carbons (Fsp3) is 0.130. The molecule has 2 N–H and O–H groups in total. The van der Waals surface area contributed by atoms with Gasteiger partial charge in [0, 0.05) is 27.8 Å². The predicted octanol–water partition coefficient (Wildman–Crippen LogP) is 5.33. The second-order valence-corrected chi connectivity index (χ2v) is 7.47. The van der Waals surface area contributed by atoms with Crippen molar-refractivity contribution in [3.63, 3.8) is 0 Å². The summed E-state index contributed by atoms with van der Waals surface area (Å²) in [6.45, 7) is 2.07. The second kappa shape index (κ2) is 10.1. The third-order valence-electron chi connectivity index (χ3n) is 4.22. The van der Waals surface area contributed by atoms with Gasteiger partial charge >= 0.3 is 0 Å². The van der Waals surface area contributed by atoms with E-state index in [1.807, 2.05) is 30.3 Å². The highest BCUT2D eigenvalue weighted by Crippen LogP contribution is 2.23. The standard InChI is InChI=1S/C23H20Cl2N2O3/c1-15(22(28)27-20-12-18(24)11-19(25)13-20)30-21-9-7-17(8-10-21)23(29)26-14-16-5-3-2-4-6-16/h2-13,15H,14H2,1H3,(H,26,29)(H,27,28). The first-order valence-electron chi connectivity index (χ1n) is 9.26.